The lowest BCUT2D eigenvalue weighted by Gasteiger charge is -2.03. The van der Waals surface area contributed by atoms with Gasteiger partial charge in [-0.25, -0.2) is 0 Å². The summed E-state index contributed by atoms with van der Waals surface area (Å²) in [6.45, 7) is 0.819. The van der Waals surface area contributed by atoms with Crippen LogP contribution in [-0.2, 0) is 17.9 Å². The summed E-state index contributed by atoms with van der Waals surface area (Å²) < 4.78 is 4.18. The fourth-order valence-electron chi connectivity index (χ4n) is 2.04. The average Bonchev–Trinajstić information content (AvgIpc) is 3.09. The monoisotopic (exact) mass is 359 g/mol. The van der Waals surface area contributed by atoms with E-state index in [1.807, 2.05) is 36.5 Å². The van der Waals surface area contributed by atoms with Crippen molar-refractivity contribution in [2.75, 3.05) is 5.32 Å². The van der Waals surface area contributed by atoms with Crippen molar-refractivity contribution in [1.29, 1.82) is 0 Å². The predicted molar refractivity (Wildman–Crippen MR) is 86.3 cm³/mol. The Hall–Kier alpha value is -2.41. The molecule has 0 radical (unpaired) electrons. The summed E-state index contributed by atoms with van der Waals surface area (Å²) >= 11 is 3.29. The van der Waals surface area contributed by atoms with Gasteiger partial charge in [-0.1, -0.05) is 30.3 Å². The number of nitrogens with one attached hydrogen (secondary N) is 1. The molecule has 1 aromatic carbocycles. The number of halogens is 1. The Morgan fingerprint density at radius 1 is 1.18 bits per heavy atom. The van der Waals surface area contributed by atoms with Gasteiger partial charge in [0.1, 0.15) is 6.54 Å². The third-order valence-corrected chi connectivity index (χ3v) is 3.41. The molecule has 2 heterocycles. The molecule has 112 valence electrons. The van der Waals surface area contributed by atoms with Gasteiger partial charge in [-0.2, -0.15) is 10.2 Å². The van der Waals surface area contributed by atoms with Crippen molar-refractivity contribution in [3.05, 3.63) is 65.0 Å². The topological polar surface area (TPSA) is 64.7 Å². The van der Waals surface area contributed by atoms with Crippen molar-refractivity contribution in [3.8, 4) is 0 Å². The predicted octanol–water partition coefficient (Wildman–Crippen LogP) is 2.53. The van der Waals surface area contributed by atoms with Gasteiger partial charge in [0.2, 0.25) is 5.91 Å². The number of hydrogen-bond acceptors (Lipinski definition) is 3. The number of amides is 1. The maximum atomic E-state index is 11.9. The smallest absolute Gasteiger partial charge is 0.247 e. The molecule has 0 saturated heterocycles. The number of carbonyl (C=O) groups is 1. The standard InChI is InChI=1S/C15H14BrN5O/c16-13-8-17-21(10-13)11-15(22)18-14-6-7-20(19-14)9-12-4-2-1-3-5-12/h1-8,10H,9,11H2,(H,18,19,22). The van der Waals surface area contributed by atoms with Gasteiger partial charge in [0.25, 0.3) is 0 Å². The van der Waals surface area contributed by atoms with Gasteiger partial charge in [0, 0.05) is 18.5 Å². The molecule has 0 spiro atoms. The molecule has 1 amide bonds. The van der Waals surface area contributed by atoms with E-state index in [9.17, 15) is 4.79 Å². The van der Waals surface area contributed by atoms with Crippen molar-refractivity contribution in [1.82, 2.24) is 19.6 Å². The lowest BCUT2D eigenvalue weighted by Crippen LogP contribution is -2.19. The van der Waals surface area contributed by atoms with Gasteiger partial charge in [-0.3, -0.25) is 14.2 Å². The maximum Gasteiger partial charge on any atom is 0.247 e. The molecule has 2 aromatic heterocycles. The molecule has 0 aliphatic carbocycles. The lowest BCUT2D eigenvalue weighted by molar-refractivity contribution is -0.116. The molecule has 1 N–H and O–H groups in total. The SMILES string of the molecule is O=C(Cn1cc(Br)cn1)Nc1ccn(Cc2ccccc2)n1. The van der Waals surface area contributed by atoms with E-state index in [0.717, 1.165) is 10.0 Å². The second kappa shape index (κ2) is 6.57. The number of rotatable bonds is 5. The number of benzene rings is 1. The minimum Gasteiger partial charge on any atom is -0.308 e. The Kier molecular flexibility index (Phi) is 4.34. The Bertz CT molecular complexity index is 765. The van der Waals surface area contributed by atoms with Crippen molar-refractivity contribution in [3.63, 3.8) is 0 Å². The molecule has 3 aromatic rings. The van der Waals surface area contributed by atoms with Crippen molar-refractivity contribution in [2.24, 2.45) is 0 Å². The first kappa shape index (κ1) is 14.5. The van der Waals surface area contributed by atoms with E-state index in [4.69, 9.17) is 0 Å². The van der Waals surface area contributed by atoms with Crippen LogP contribution in [-0.4, -0.2) is 25.5 Å². The summed E-state index contributed by atoms with van der Waals surface area (Å²) in [6.07, 6.45) is 5.22. The van der Waals surface area contributed by atoms with Crippen LogP contribution in [0.25, 0.3) is 0 Å². The van der Waals surface area contributed by atoms with E-state index < -0.39 is 0 Å². The highest BCUT2D eigenvalue weighted by Crippen LogP contribution is 2.08. The second-order valence-corrected chi connectivity index (χ2v) is 5.70. The highest BCUT2D eigenvalue weighted by atomic mass is 79.9. The van der Waals surface area contributed by atoms with E-state index >= 15 is 0 Å². The van der Waals surface area contributed by atoms with Gasteiger partial charge in [-0.15, -0.1) is 0 Å². The number of carbonyl (C=O) groups excluding carboxylic acids is 1. The second-order valence-electron chi connectivity index (χ2n) is 4.79. The summed E-state index contributed by atoms with van der Waals surface area (Å²) in [5, 5.41) is 11.1. The molecule has 0 aliphatic heterocycles. The molecule has 0 bridgehead atoms. The highest BCUT2D eigenvalue weighted by molar-refractivity contribution is 9.10. The number of anilines is 1. The summed E-state index contributed by atoms with van der Waals surface area (Å²) in [4.78, 5) is 11.9. The molecule has 6 nitrogen and oxygen atoms in total. The van der Waals surface area contributed by atoms with Gasteiger partial charge < -0.3 is 5.32 Å². The molecule has 7 heteroatoms. The summed E-state index contributed by atoms with van der Waals surface area (Å²) in [7, 11) is 0. The Balaban J connectivity index is 1.58. The first-order chi connectivity index (χ1) is 10.7. The van der Waals surface area contributed by atoms with E-state index in [1.54, 1.807) is 27.8 Å². The van der Waals surface area contributed by atoms with Gasteiger partial charge in [0.15, 0.2) is 5.82 Å². The summed E-state index contributed by atoms with van der Waals surface area (Å²) in [5.74, 6) is 0.368. The molecular formula is C15H14BrN5O. The first-order valence-corrected chi connectivity index (χ1v) is 7.53. The Labute approximate surface area is 135 Å². The maximum absolute atomic E-state index is 11.9. The van der Waals surface area contributed by atoms with E-state index in [-0.39, 0.29) is 12.5 Å². The minimum atomic E-state index is -0.166. The number of aromatic nitrogens is 4. The van der Waals surface area contributed by atoms with Crippen LogP contribution in [0.1, 0.15) is 5.56 Å². The molecule has 0 aliphatic rings. The molecule has 0 atom stereocenters. The van der Waals surface area contributed by atoms with Crippen LogP contribution in [0.3, 0.4) is 0 Å². The normalized spacial score (nSPS) is 10.6. The number of hydrogen-bond donors (Lipinski definition) is 1. The third kappa shape index (κ3) is 3.82. The average molecular weight is 360 g/mol. The quantitative estimate of drug-likeness (QED) is 0.761. The van der Waals surface area contributed by atoms with Crippen LogP contribution in [0.4, 0.5) is 5.82 Å². The van der Waals surface area contributed by atoms with Gasteiger partial charge >= 0.3 is 0 Å². The molecule has 0 unspecified atom stereocenters. The van der Waals surface area contributed by atoms with Gasteiger partial charge in [-0.05, 0) is 21.5 Å². The molecule has 3 rings (SSSR count). The fourth-order valence-corrected chi connectivity index (χ4v) is 2.37. The third-order valence-electron chi connectivity index (χ3n) is 3.00. The van der Waals surface area contributed by atoms with E-state index in [0.29, 0.717) is 12.4 Å². The van der Waals surface area contributed by atoms with E-state index in [2.05, 4.69) is 31.4 Å². The zero-order chi connectivity index (χ0) is 15.4. The Morgan fingerprint density at radius 3 is 2.73 bits per heavy atom. The van der Waals surface area contributed by atoms with Crippen LogP contribution < -0.4 is 5.32 Å². The molecule has 22 heavy (non-hydrogen) atoms. The summed E-state index contributed by atoms with van der Waals surface area (Å²) in [6, 6.07) is 11.8. The van der Waals surface area contributed by atoms with Crippen LogP contribution in [0.15, 0.2) is 59.5 Å². The molecule has 0 fully saturated rings. The fraction of sp³-hybridized carbons (Fsp3) is 0.133. The first-order valence-electron chi connectivity index (χ1n) is 6.74. The van der Waals surface area contributed by atoms with Crippen LogP contribution in [0.5, 0.6) is 0 Å². The molecule has 0 saturated carbocycles. The lowest BCUT2D eigenvalue weighted by atomic mass is 10.2. The largest absolute Gasteiger partial charge is 0.308 e. The van der Waals surface area contributed by atoms with Crippen LogP contribution >= 0.6 is 15.9 Å². The number of nitrogens with zero attached hydrogens (tertiary/aromatic N) is 4. The zero-order valence-corrected chi connectivity index (χ0v) is 13.3. The van der Waals surface area contributed by atoms with Crippen LogP contribution in [0.2, 0.25) is 0 Å². The zero-order valence-electron chi connectivity index (χ0n) is 11.7. The van der Waals surface area contributed by atoms with Crippen molar-refractivity contribution >= 4 is 27.7 Å². The van der Waals surface area contributed by atoms with Crippen molar-refractivity contribution < 1.29 is 4.79 Å². The summed E-state index contributed by atoms with van der Waals surface area (Å²) in [5.41, 5.74) is 1.16. The van der Waals surface area contributed by atoms with Gasteiger partial charge in [0.05, 0.1) is 17.2 Å². The molecular weight excluding hydrogens is 346 g/mol. The van der Waals surface area contributed by atoms with Crippen molar-refractivity contribution in [2.45, 2.75) is 13.1 Å². The highest BCUT2D eigenvalue weighted by Gasteiger charge is 2.07. The van der Waals surface area contributed by atoms with E-state index in [1.165, 1.54) is 0 Å². The minimum absolute atomic E-state index is 0.150. The Morgan fingerprint density at radius 2 is 2.00 bits per heavy atom. The van der Waals surface area contributed by atoms with Crippen LogP contribution in [0, 0.1) is 0 Å².